The molecule has 114 valence electrons. The van der Waals surface area contributed by atoms with Gasteiger partial charge in [-0.25, -0.2) is 0 Å². The normalized spacial score (nSPS) is 22.1. The van der Waals surface area contributed by atoms with Gasteiger partial charge in [0.2, 0.25) is 0 Å². The van der Waals surface area contributed by atoms with Gasteiger partial charge in [-0.15, -0.1) is 0 Å². The van der Waals surface area contributed by atoms with E-state index in [-0.39, 0.29) is 6.54 Å². The molecule has 1 aliphatic heterocycles. The van der Waals surface area contributed by atoms with Crippen LogP contribution in [0.15, 0.2) is 0 Å². The standard InChI is InChI=1S/C14H27F3N2/c1-12(2)5-3-7-18-8-10-19-9-4-6-13(11-19)14(15,16)17/h12-13,18H,3-11H2,1-2H3. The molecule has 1 aliphatic rings. The van der Waals surface area contributed by atoms with Crippen LogP contribution in [0, 0.1) is 11.8 Å². The summed E-state index contributed by atoms with van der Waals surface area (Å²) >= 11 is 0. The third kappa shape index (κ3) is 7.16. The van der Waals surface area contributed by atoms with Gasteiger partial charge in [-0.1, -0.05) is 13.8 Å². The maximum absolute atomic E-state index is 12.6. The highest BCUT2D eigenvalue weighted by Crippen LogP contribution is 2.32. The number of likely N-dealkylation sites (tertiary alicyclic amines) is 1. The average Bonchev–Trinajstić information content (AvgIpc) is 2.32. The zero-order valence-corrected chi connectivity index (χ0v) is 12.1. The van der Waals surface area contributed by atoms with Gasteiger partial charge in [-0.3, -0.25) is 0 Å². The summed E-state index contributed by atoms with van der Waals surface area (Å²) in [6, 6.07) is 0. The molecule has 0 spiro atoms. The smallest absolute Gasteiger partial charge is 0.315 e. The fourth-order valence-corrected chi connectivity index (χ4v) is 2.52. The van der Waals surface area contributed by atoms with Gasteiger partial charge in [-0.05, 0) is 44.7 Å². The van der Waals surface area contributed by atoms with Crippen LogP contribution in [0.1, 0.15) is 39.5 Å². The van der Waals surface area contributed by atoms with Crippen LogP contribution >= 0.6 is 0 Å². The summed E-state index contributed by atoms with van der Waals surface area (Å²) in [6.07, 6.45) is -0.724. The minimum Gasteiger partial charge on any atom is -0.315 e. The van der Waals surface area contributed by atoms with Gasteiger partial charge in [0.15, 0.2) is 0 Å². The topological polar surface area (TPSA) is 15.3 Å². The van der Waals surface area contributed by atoms with Crippen LogP contribution in [0.25, 0.3) is 0 Å². The Morgan fingerprint density at radius 3 is 2.63 bits per heavy atom. The van der Waals surface area contributed by atoms with Crippen molar-refractivity contribution in [1.82, 2.24) is 10.2 Å². The molecule has 1 N–H and O–H groups in total. The molecule has 0 aromatic rings. The first-order valence-electron chi connectivity index (χ1n) is 7.39. The molecule has 0 bridgehead atoms. The van der Waals surface area contributed by atoms with Crippen molar-refractivity contribution < 1.29 is 13.2 Å². The fraction of sp³-hybridized carbons (Fsp3) is 1.00. The molecule has 1 saturated heterocycles. The highest BCUT2D eigenvalue weighted by Gasteiger charge is 2.41. The zero-order chi connectivity index (χ0) is 14.3. The minimum absolute atomic E-state index is 0.178. The van der Waals surface area contributed by atoms with Crippen LogP contribution in [-0.4, -0.2) is 43.8 Å². The summed E-state index contributed by atoms with van der Waals surface area (Å²) in [5.74, 6) is -0.404. The number of halogens is 3. The van der Waals surface area contributed by atoms with Gasteiger partial charge in [0.05, 0.1) is 5.92 Å². The number of nitrogens with one attached hydrogen (secondary N) is 1. The van der Waals surface area contributed by atoms with Crippen LogP contribution in [-0.2, 0) is 0 Å². The Labute approximate surface area is 114 Å². The van der Waals surface area contributed by atoms with E-state index in [0.717, 1.165) is 38.5 Å². The van der Waals surface area contributed by atoms with E-state index in [4.69, 9.17) is 0 Å². The SMILES string of the molecule is CC(C)CCCNCCN1CCCC(C(F)(F)F)C1. The van der Waals surface area contributed by atoms with Crippen molar-refractivity contribution >= 4 is 0 Å². The molecule has 0 amide bonds. The van der Waals surface area contributed by atoms with E-state index in [9.17, 15) is 13.2 Å². The molecule has 0 aromatic heterocycles. The second-order valence-corrected chi connectivity index (χ2v) is 5.97. The predicted molar refractivity (Wildman–Crippen MR) is 72.2 cm³/mol. The second-order valence-electron chi connectivity index (χ2n) is 5.97. The van der Waals surface area contributed by atoms with Gasteiger partial charge in [0, 0.05) is 19.6 Å². The highest BCUT2D eigenvalue weighted by molar-refractivity contribution is 4.78. The van der Waals surface area contributed by atoms with E-state index in [1.165, 1.54) is 6.42 Å². The molecule has 0 radical (unpaired) electrons. The number of piperidine rings is 1. The molecule has 0 saturated carbocycles. The third-order valence-electron chi connectivity index (χ3n) is 3.71. The molecule has 1 rings (SSSR count). The first-order chi connectivity index (χ1) is 8.89. The van der Waals surface area contributed by atoms with Crippen molar-refractivity contribution in [2.45, 2.75) is 45.7 Å². The van der Waals surface area contributed by atoms with E-state index >= 15 is 0 Å². The summed E-state index contributed by atoms with van der Waals surface area (Å²) in [5, 5.41) is 3.32. The van der Waals surface area contributed by atoms with Crippen molar-refractivity contribution in [3.8, 4) is 0 Å². The Bertz CT molecular complexity index is 241. The fourth-order valence-electron chi connectivity index (χ4n) is 2.52. The number of alkyl halides is 3. The number of hydrogen-bond acceptors (Lipinski definition) is 2. The predicted octanol–water partition coefficient (Wildman–Crippen LogP) is 3.29. The Balaban J connectivity index is 2.09. The quantitative estimate of drug-likeness (QED) is 0.720. The summed E-state index contributed by atoms with van der Waals surface area (Å²) in [5.41, 5.74) is 0. The number of nitrogens with zero attached hydrogens (tertiary/aromatic N) is 1. The van der Waals surface area contributed by atoms with Crippen molar-refractivity contribution in [2.24, 2.45) is 11.8 Å². The molecule has 0 aromatic carbocycles. The van der Waals surface area contributed by atoms with Crippen molar-refractivity contribution in [2.75, 3.05) is 32.7 Å². The third-order valence-corrected chi connectivity index (χ3v) is 3.71. The minimum atomic E-state index is -4.02. The maximum Gasteiger partial charge on any atom is 0.393 e. The van der Waals surface area contributed by atoms with Crippen LogP contribution in [0.5, 0.6) is 0 Å². The van der Waals surface area contributed by atoms with Crippen molar-refractivity contribution in [3.63, 3.8) is 0 Å². The highest BCUT2D eigenvalue weighted by atomic mass is 19.4. The Kier molecular flexibility index (Phi) is 7.15. The lowest BCUT2D eigenvalue weighted by atomic mass is 9.97. The first kappa shape index (κ1) is 16.8. The van der Waals surface area contributed by atoms with Crippen molar-refractivity contribution in [3.05, 3.63) is 0 Å². The van der Waals surface area contributed by atoms with Gasteiger partial charge >= 0.3 is 6.18 Å². The monoisotopic (exact) mass is 280 g/mol. The van der Waals surface area contributed by atoms with Crippen LogP contribution < -0.4 is 5.32 Å². The Morgan fingerprint density at radius 1 is 1.26 bits per heavy atom. The number of rotatable bonds is 7. The van der Waals surface area contributed by atoms with E-state index in [1.807, 2.05) is 4.90 Å². The molecule has 1 unspecified atom stereocenters. The Hall–Kier alpha value is -0.290. The zero-order valence-electron chi connectivity index (χ0n) is 12.1. The largest absolute Gasteiger partial charge is 0.393 e. The Morgan fingerprint density at radius 2 is 2.00 bits per heavy atom. The summed E-state index contributed by atoms with van der Waals surface area (Å²) in [7, 11) is 0. The van der Waals surface area contributed by atoms with Crippen LogP contribution in [0.3, 0.4) is 0 Å². The first-order valence-corrected chi connectivity index (χ1v) is 7.39. The summed E-state index contributed by atoms with van der Waals surface area (Å²) in [4.78, 5) is 1.94. The molecule has 1 atom stereocenters. The molecule has 2 nitrogen and oxygen atoms in total. The van der Waals surface area contributed by atoms with Gasteiger partial charge in [-0.2, -0.15) is 13.2 Å². The summed E-state index contributed by atoms with van der Waals surface area (Å²) in [6.45, 7) is 7.87. The molecule has 1 heterocycles. The molecular weight excluding hydrogens is 253 g/mol. The lowest BCUT2D eigenvalue weighted by Crippen LogP contribution is -2.44. The number of hydrogen-bond donors (Lipinski definition) is 1. The van der Waals surface area contributed by atoms with E-state index in [2.05, 4.69) is 19.2 Å². The van der Waals surface area contributed by atoms with Crippen LogP contribution in [0.2, 0.25) is 0 Å². The average molecular weight is 280 g/mol. The van der Waals surface area contributed by atoms with E-state index in [0.29, 0.717) is 12.8 Å². The summed E-state index contributed by atoms with van der Waals surface area (Å²) < 4.78 is 37.9. The van der Waals surface area contributed by atoms with Gasteiger partial charge < -0.3 is 10.2 Å². The van der Waals surface area contributed by atoms with Gasteiger partial charge in [0.1, 0.15) is 0 Å². The maximum atomic E-state index is 12.6. The van der Waals surface area contributed by atoms with Gasteiger partial charge in [0.25, 0.3) is 0 Å². The van der Waals surface area contributed by atoms with E-state index < -0.39 is 12.1 Å². The lowest BCUT2D eigenvalue weighted by molar-refractivity contribution is -0.186. The molecular formula is C14H27F3N2. The molecule has 1 fully saturated rings. The lowest BCUT2D eigenvalue weighted by Gasteiger charge is -2.33. The molecule has 5 heteroatoms. The second kappa shape index (κ2) is 8.10. The van der Waals surface area contributed by atoms with Crippen LogP contribution in [0.4, 0.5) is 13.2 Å². The molecule has 0 aliphatic carbocycles. The molecule has 19 heavy (non-hydrogen) atoms. The van der Waals surface area contributed by atoms with Crippen molar-refractivity contribution in [1.29, 1.82) is 0 Å². The van der Waals surface area contributed by atoms with E-state index in [1.54, 1.807) is 0 Å².